The van der Waals surface area contributed by atoms with Crippen molar-refractivity contribution in [3.05, 3.63) is 40.4 Å². The monoisotopic (exact) mass is 304 g/mol. The van der Waals surface area contributed by atoms with E-state index in [-0.39, 0.29) is 6.61 Å². The summed E-state index contributed by atoms with van der Waals surface area (Å²) < 4.78 is 4.18. The van der Waals surface area contributed by atoms with Crippen LogP contribution in [0.5, 0.6) is 0 Å². The molecule has 0 fully saturated rings. The number of benzene rings is 1. The van der Waals surface area contributed by atoms with Crippen LogP contribution in [0.2, 0.25) is 0 Å². The number of nitrogens with zero attached hydrogens (tertiary/aromatic N) is 4. The van der Waals surface area contributed by atoms with Gasteiger partial charge in [-0.1, -0.05) is 25.1 Å². The van der Waals surface area contributed by atoms with Gasteiger partial charge in [0.2, 0.25) is 0 Å². The maximum absolute atomic E-state index is 9.30. The number of anilines is 1. The molecule has 1 aliphatic heterocycles. The minimum absolute atomic E-state index is 0.0965. The van der Waals surface area contributed by atoms with E-state index in [1.54, 1.807) is 9.25 Å². The standard InChI is InChI=1S/C15H20N4OS/c1-11-7-8-18(13-6-4-3-5-12(11)13)10-19-15(21)17(2)14(9-20)16-19/h3-6,11,20H,7-10H2,1-2H3. The second kappa shape index (κ2) is 5.61. The minimum atomic E-state index is -0.0965. The van der Waals surface area contributed by atoms with Gasteiger partial charge in [0, 0.05) is 19.3 Å². The molecule has 0 saturated heterocycles. The number of aromatic nitrogens is 3. The Hall–Kier alpha value is -1.66. The molecule has 6 heteroatoms. The summed E-state index contributed by atoms with van der Waals surface area (Å²) in [5, 5.41) is 13.7. The van der Waals surface area contributed by atoms with E-state index >= 15 is 0 Å². The molecule has 0 aliphatic carbocycles. The first-order valence-corrected chi connectivity index (χ1v) is 7.60. The van der Waals surface area contributed by atoms with Crippen molar-refractivity contribution < 1.29 is 5.11 Å². The second-order valence-electron chi connectivity index (χ2n) is 5.57. The third kappa shape index (κ3) is 2.49. The molecule has 1 aliphatic rings. The molecular weight excluding hydrogens is 284 g/mol. The van der Waals surface area contributed by atoms with Crippen LogP contribution in [0.1, 0.15) is 30.7 Å². The SMILES string of the molecule is CC1CCN(Cn2nc(CO)n(C)c2=S)c2ccccc21. The molecule has 1 atom stereocenters. The van der Waals surface area contributed by atoms with E-state index in [4.69, 9.17) is 12.2 Å². The number of hydrogen-bond acceptors (Lipinski definition) is 4. The number of rotatable bonds is 3. The lowest BCUT2D eigenvalue weighted by Gasteiger charge is -2.34. The third-order valence-corrected chi connectivity index (χ3v) is 4.70. The van der Waals surface area contributed by atoms with Crippen LogP contribution in [0.25, 0.3) is 0 Å². The summed E-state index contributed by atoms with van der Waals surface area (Å²) in [4.78, 5) is 2.30. The van der Waals surface area contributed by atoms with Gasteiger partial charge in [0.15, 0.2) is 10.6 Å². The molecule has 1 aromatic heterocycles. The summed E-state index contributed by atoms with van der Waals surface area (Å²) in [5.74, 6) is 1.18. The van der Waals surface area contributed by atoms with Gasteiger partial charge in [-0.3, -0.25) is 0 Å². The van der Waals surface area contributed by atoms with Crippen LogP contribution >= 0.6 is 12.2 Å². The van der Waals surface area contributed by atoms with Gasteiger partial charge in [-0.2, -0.15) is 5.10 Å². The first-order chi connectivity index (χ1) is 10.1. The molecule has 2 aromatic rings. The quantitative estimate of drug-likeness (QED) is 0.885. The molecule has 0 bridgehead atoms. The van der Waals surface area contributed by atoms with Crippen LogP contribution in [0.4, 0.5) is 5.69 Å². The Morgan fingerprint density at radius 1 is 1.38 bits per heavy atom. The van der Waals surface area contributed by atoms with Gasteiger partial charge in [0.1, 0.15) is 13.3 Å². The molecule has 112 valence electrons. The van der Waals surface area contributed by atoms with E-state index in [9.17, 15) is 5.11 Å². The van der Waals surface area contributed by atoms with Gasteiger partial charge in [-0.25, -0.2) is 4.68 Å². The zero-order valence-corrected chi connectivity index (χ0v) is 13.2. The Labute approximate surface area is 129 Å². The number of para-hydroxylation sites is 1. The molecule has 1 unspecified atom stereocenters. The highest BCUT2D eigenvalue weighted by molar-refractivity contribution is 7.71. The van der Waals surface area contributed by atoms with E-state index < -0.39 is 0 Å². The van der Waals surface area contributed by atoms with Gasteiger partial charge < -0.3 is 14.6 Å². The van der Waals surface area contributed by atoms with Gasteiger partial charge in [-0.15, -0.1) is 0 Å². The Morgan fingerprint density at radius 3 is 2.86 bits per heavy atom. The smallest absolute Gasteiger partial charge is 0.199 e. The van der Waals surface area contributed by atoms with Crippen molar-refractivity contribution in [3.63, 3.8) is 0 Å². The highest BCUT2D eigenvalue weighted by atomic mass is 32.1. The fourth-order valence-electron chi connectivity index (χ4n) is 2.89. The van der Waals surface area contributed by atoms with Crippen molar-refractivity contribution in [1.82, 2.24) is 14.3 Å². The van der Waals surface area contributed by atoms with Crippen LogP contribution in [0.15, 0.2) is 24.3 Å². The predicted molar refractivity (Wildman–Crippen MR) is 84.8 cm³/mol. The van der Waals surface area contributed by atoms with Crippen molar-refractivity contribution in [2.24, 2.45) is 7.05 Å². The first-order valence-electron chi connectivity index (χ1n) is 7.19. The highest BCUT2D eigenvalue weighted by Gasteiger charge is 2.22. The molecule has 0 radical (unpaired) electrons. The van der Waals surface area contributed by atoms with Crippen LogP contribution in [0, 0.1) is 4.77 Å². The van der Waals surface area contributed by atoms with Gasteiger partial charge in [0.05, 0.1) is 0 Å². The van der Waals surface area contributed by atoms with Crippen LogP contribution in [-0.2, 0) is 20.3 Å². The Kier molecular flexibility index (Phi) is 3.82. The number of aliphatic hydroxyl groups excluding tert-OH is 1. The molecule has 2 heterocycles. The molecule has 3 rings (SSSR count). The first kappa shape index (κ1) is 14.3. The molecule has 1 aromatic carbocycles. The zero-order valence-electron chi connectivity index (χ0n) is 12.4. The van der Waals surface area contributed by atoms with Crippen LogP contribution in [0.3, 0.4) is 0 Å². The van der Waals surface area contributed by atoms with Crippen molar-refractivity contribution in [2.45, 2.75) is 32.5 Å². The minimum Gasteiger partial charge on any atom is -0.388 e. The molecule has 0 spiro atoms. The number of fused-ring (bicyclic) bond motifs is 1. The lowest BCUT2D eigenvalue weighted by atomic mass is 9.92. The van der Waals surface area contributed by atoms with Crippen molar-refractivity contribution in [2.75, 3.05) is 11.4 Å². The highest BCUT2D eigenvalue weighted by Crippen LogP contribution is 2.34. The average Bonchev–Trinajstić information content (AvgIpc) is 2.78. The summed E-state index contributed by atoms with van der Waals surface area (Å²) in [7, 11) is 1.84. The van der Waals surface area contributed by atoms with Crippen LogP contribution in [-0.4, -0.2) is 26.0 Å². The zero-order chi connectivity index (χ0) is 15.0. The summed E-state index contributed by atoms with van der Waals surface area (Å²) >= 11 is 5.40. The topological polar surface area (TPSA) is 46.2 Å². The van der Waals surface area contributed by atoms with E-state index in [0.29, 0.717) is 23.2 Å². The van der Waals surface area contributed by atoms with Gasteiger partial charge in [0.25, 0.3) is 0 Å². The van der Waals surface area contributed by atoms with E-state index in [2.05, 4.69) is 41.2 Å². The maximum Gasteiger partial charge on any atom is 0.199 e. The van der Waals surface area contributed by atoms with E-state index in [0.717, 1.165) is 13.0 Å². The molecule has 0 saturated carbocycles. The molecule has 21 heavy (non-hydrogen) atoms. The summed E-state index contributed by atoms with van der Waals surface area (Å²) in [6, 6.07) is 8.52. The number of hydrogen-bond donors (Lipinski definition) is 1. The number of aliphatic hydroxyl groups is 1. The van der Waals surface area contributed by atoms with E-state index in [1.807, 2.05) is 7.05 Å². The Bertz CT molecular complexity index is 706. The largest absolute Gasteiger partial charge is 0.388 e. The summed E-state index contributed by atoms with van der Waals surface area (Å²) in [6.45, 7) is 3.79. The van der Waals surface area contributed by atoms with Crippen molar-refractivity contribution in [1.29, 1.82) is 0 Å². The Balaban J connectivity index is 1.93. The van der Waals surface area contributed by atoms with Crippen molar-refractivity contribution >= 4 is 17.9 Å². The Morgan fingerprint density at radius 2 is 2.14 bits per heavy atom. The van der Waals surface area contributed by atoms with Gasteiger partial charge in [-0.05, 0) is 36.2 Å². The fourth-order valence-corrected chi connectivity index (χ4v) is 3.09. The third-order valence-electron chi connectivity index (χ3n) is 4.22. The second-order valence-corrected chi connectivity index (χ2v) is 5.93. The summed E-state index contributed by atoms with van der Waals surface area (Å²) in [5.41, 5.74) is 2.64. The van der Waals surface area contributed by atoms with Crippen LogP contribution < -0.4 is 4.90 Å². The molecule has 1 N–H and O–H groups in total. The lowest BCUT2D eigenvalue weighted by molar-refractivity contribution is 0.265. The van der Waals surface area contributed by atoms with Gasteiger partial charge >= 0.3 is 0 Å². The average molecular weight is 304 g/mol. The molecule has 5 nitrogen and oxygen atoms in total. The predicted octanol–water partition coefficient (Wildman–Crippen LogP) is 2.41. The lowest BCUT2D eigenvalue weighted by Crippen LogP contribution is -2.33. The van der Waals surface area contributed by atoms with Crippen molar-refractivity contribution in [3.8, 4) is 0 Å². The maximum atomic E-state index is 9.30. The molecule has 0 amide bonds. The molecular formula is C15H20N4OS. The van der Waals surface area contributed by atoms with E-state index in [1.165, 1.54) is 11.3 Å². The normalized spacial score (nSPS) is 17.9. The summed E-state index contributed by atoms with van der Waals surface area (Å²) in [6.07, 6.45) is 1.13. The fraction of sp³-hybridized carbons (Fsp3) is 0.467.